The lowest BCUT2D eigenvalue weighted by Gasteiger charge is -2.21. The van der Waals surface area contributed by atoms with Gasteiger partial charge in [-0.15, -0.1) is 0 Å². The van der Waals surface area contributed by atoms with Crippen LogP contribution in [0.4, 0.5) is 0 Å². The highest BCUT2D eigenvalue weighted by atomic mass is 16.1. The van der Waals surface area contributed by atoms with E-state index in [-0.39, 0.29) is 5.91 Å². The predicted molar refractivity (Wildman–Crippen MR) is 38.8 cm³/mol. The second kappa shape index (κ2) is 2.56. The Balaban J connectivity index is 2.81. The van der Waals surface area contributed by atoms with Crippen LogP contribution in [-0.2, 0) is 4.79 Å². The zero-order valence-corrected chi connectivity index (χ0v) is 6.09. The number of carbonyl (C=O) groups excluding carboxylic acids is 1. The molecule has 54 valence electrons. The standard InChI is InChI=1S/C7H10N2O/c1-3-6-8-7(10)4-5-9(6)2/h3-5H,1-2H3,(H,8,10). The van der Waals surface area contributed by atoms with Crippen molar-refractivity contribution in [2.24, 2.45) is 0 Å². The molecule has 0 aliphatic carbocycles. The second-order valence-corrected chi connectivity index (χ2v) is 2.09. The fourth-order valence-electron chi connectivity index (χ4n) is 0.792. The Labute approximate surface area is 60.0 Å². The first-order valence-electron chi connectivity index (χ1n) is 3.12. The van der Waals surface area contributed by atoms with Gasteiger partial charge in [-0.3, -0.25) is 4.79 Å². The molecule has 0 bridgehead atoms. The van der Waals surface area contributed by atoms with Crippen molar-refractivity contribution in [3.05, 3.63) is 24.2 Å². The normalized spacial score (nSPS) is 21.6. The van der Waals surface area contributed by atoms with Crippen LogP contribution >= 0.6 is 0 Å². The van der Waals surface area contributed by atoms with Crippen molar-refractivity contribution < 1.29 is 4.79 Å². The summed E-state index contributed by atoms with van der Waals surface area (Å²) < 4.78 is 0. The maximum absolute atomic E-state index is 10.7. The molecule has 0 unspecified atom stereocenters. The molecule has 0 saturated carbocycles. The van der Waals surface area contributed by atoms with Crippen LogP contribution in [0.15, 0.2) is 24.2 Å². The second-order valence-electron chi connectivity index (χ2n) is 2.09. The van der Waals surface area contributed by atoms with Gasteiger partial charge in [0.25, 0.3) is 5.91 Å². The van der Waals surface area contributed by atoms with Gasteiger partial charge < -0.3 is 10.2 Å². The minimum atomic E-state index is -0.0637. The molecule has 1 aliphatic rings. The molecule has 1 heterocycles. The number of nitrogens with zero attached hydrogens (tertiary/aromatic N) is 1. The highest BCUT2D eigenvalue weighted by Gasteiger charge is 2.08. The van der Waals surface area contributed by atoms with Gasteiger partial charge in [0.2, 0.25) is 0 Å². The van der Waals surface area contributed by atoms with Gasteiger partial charge in [-0.25, -0.2) is 0 Å². The maximum atomic E-state index is 10.7. The highest BCUT2D eigenvalue weighted by molar-refractivity contribution is 5.89. The lowest BCUT2D eigenvalue weighted by atomic mass is 10.4. The largest absolute Gasteiger partial charge is 0.338 e. The third-order valence-electron chi connectivity index (χ3n) is 1.35. The smallest absolute Gasteiger partial charge is 0.250 e. The molecule has 3 heteroatoms. The van der Waals surface area contributed by atoms with E-state index in [0.717, 1.165) is 5.82 Å². The van der Waals surface area contributed by atoms with Crippen molar-refractivity contribution >= 4 is 5.91 Å². The van der Waals surface area contributed by atoms with Crippen molar-refractivity contribution in [3.63, 3.8) is 0 Å². The monoisotopic (exact) mass is 138 g/mol. The van der Waals surface area contributed by atoms with Gasteiger partial charge in [-0.2, -0.15) is 0 Å². The molecule has 0 aromatic heterocycles. The molecule has 1 aliphatic heterocycles. The molecule has 0 saturated heterocycles. The van der Waals surface area contributed by atoms with E-state index in [4.69, 9.17) is 0 Å². The summed E-state index contributed by atoms with van der Waals surface area (Å²) in [6.45, 7) is 1.88. The van der Waals surface area contributed by atoms with Gasteiger partial charge in [0.15, 0.2) is 0 Å². The number of allylic oxidation sites excluding steroid dienone is 1. The summed E-state index contributed by atoms with van der Waals surface area (Å²) in [4.78, 5) is 12.6. The quantitative estimate of drug-likeness (QED) is 0.526. The van der Waals surface area contributed by atoms with Crippen molar-refractivity contribution in [2.75, 3.05) is 7.05 Å². The summed E-state index contributed by atoms with van der Waals surface area (Å²) in [6, 6.07) is 0. The Hall–Kier alpha value is -1.25. The molecule has 1 rings (SSSR count). The van der Waals surface area contributed by atoms with Crippen LogP contribution in [0, 0.1) is 0 Å². The van der Waals surface area contributed by atoms with Gasteiger partial charge in [0, 0.05) is 19.3 Å². The summed E-state index contributed by atoms with van der Waals surface area (Å²) in [5.41, 5.74) is 0. The first kappa shape index (κ1) is 6.86. The summed E-state index contributed by atoms with van der Waals surface area (Å²) in [6.07, 6.45) is 5.07. The molecular weight excluding hydrogens is 128 g/mol. The van der Waals surface area contributed by atoms with E-state index in [1.165, 1.54) is 6.08 Å². The summed E-state index contributed by atoms with van der Waals surface area (Å²) in [7, 11) is 1.88. The number of nitrogens with one attached hydrogen (secondary N) is 1. The van der Waals surface area contributed by atoms with E-state index < -0.39 is 0 Å². The molecule has 0 radical (unpaired) electrons. The average molecular weight is 138 g/mol. The Bertz CT molecular complexity index is 206. The third kappa shape index (κ3) is 1.18. The highest BCUT2D eigenvalue weighted by Crippen LogP contribution is 2.02. The Morgan fingerprint density at radius 2 is 2.40 bits per heavy atom. The van der Waals surface area contributed by atoms with Crippen molar-refractivity contribution in [1.82, 2.24) is 10.2 Å². The summed E-state index contributed by atoms with van der Waals surface area (Å²) in [5.74, 6) is 0.763. The van der Waals surface area contributed by atoms with Crippen molar-refractivity contribution in [2.45, 2.75) is 6.92 Å². The molecule has 10 heavy (non-hydrogen) atoms. The molecular formula is C7H10N2O. The molecule has 0 aromatic carbocycles. The Morgan fingerprint density at radius 1 is 1.70 bits per heavy atom. The number of carbonyl (C=O) groups is 1. The Kier molecular flexibility index (Phi) is 1.76. The van der Waals surface area contributed by atoms with Gasteiger partial charge in [0.1, 0.15) is 5.82 Å². The molecule has 0 fully saturated rings. The first-order chi connectivity index (χ1) is 4.74. The molecule has 3 nitrogen and oxygen atoms in total. The van der Waals surface area contributed by atoms with E-state index in [9.17, 15) is 4.79 Å². The molecule has 0 atom stereocenters. The van der Waals surface area contributed by atoms with E-state index in [2.05, 4.69) is 5.32 Å². The van der Waals surface area contributed by atoms with Crippen molar-refractivity contribution in [1.29, 1.82) is 0 Å². The maximum Gasteiger partial charge on any atom is 0.250 e. The molecule has 1 N–H and O–H groups in total. The zero-order chi connectivity index (χ0) is 7.56. The van der Waals surface area contributed by atoms with Crippen LogP contribution in [-0.4, -0.2) is 17.9 Å². The van der Waals surface area contributed by atoms with Gasteiger partial charge in [-0.1, -0.05) is 0 Å². The fourth-order valence-corrected chi connectivity index (χ4v) is 0.792. The number of hydrogen-bond donors (Lipinski definition) is 1. The third-order valence-corrected chi connectivity index (χ3v) is 1.35. The van der Waals surface area contributed by atoms with Crippen molar-refractivity contribution in [3.8, 4) is 0 Å². The van der Waals surface area contributed by atoms with E-state index in [0.29, 0.717) is 0 Å². The van der Waals surface area contributed by atoms with Crippen LogP contribution in [0.5, 0.6) is 0 Å². The lowest BCUT2D eigenvalue weighted by Crippen LogP contribution is -2.33. The fraction of sp³-hybridized carbons (Fsp3) is 0.286. The van der Waals surface area contributed by atoms with Gasteiger partial charge in [0.05, 0.1) is 0 Å². The van der Waals surface area contributed by atoms with Gasteiger partial charge in [-0.05, 0) is 13.0 Å². The first-order valence-corrected chi connectivity index (χ1v) is 3.12. The van der Waals surface area contributed by atoms with Gasteiger partial charge >= 0.3 is 0 Å². The predicted octanol–water partition coefficient (Wildman–Crippen LogP) is 0.423. The van der Waals surface area contributed by atoms with Crippen LogP contribution in [0.25, 0.3) is 0 Å². The Morgan fingerprint density at radius 3 is 2.90 bits per heavy atom. The van der Waals surface area contributed by atoms with Crippen LogP contribution in [0.1, 0.15) is 6.92 Å². The summed E-state index contributed by atoms with van der Waals surface area (Å²) >= 11 is 0. The minimum absolute atomic E-state index is 0.0637. The van der Waals surface area contributed by atoms with Crippen LogP contribution in [0.2, 0.25) is 0 Å². The zero-order valence-electron chi connectivity index (χ0n) is 6.09. The van der Waals surface area contributed by atoms with E-state index >= 15 is 0 Å². The topological polar surface area (TPSA) is 32.3 Å². The average Bonchev–Trinajstić information content (AvgIpc) is 1.94. The van der Waals surface area contributed by atoms with Crippen LogP contribution < -0.4 is 5.32 Å². The summed E-state index contributed by atoms with van der Waals surface area (Å²) in [5, 5.41) is 2.68. The molecule has 1 amide bonds. The number of hydrogen-bond acceptors (Lipinski definition) is 2. The number of amides is 1. The van der Waals surface area contributed by atoms with Crippen LogP contribution in [0.3, 0.4) is 0 Å². The van der Waals surface area contributed by atoms with E-state index in [1.54, 1.807) is 6.20 Å². The van der Waals surface area contributed by atoms with E-state index in [1.807, 2.05) is 24.9 Å². The molecule has 0 spiro atoms. The number of rotatable bonds is 0. The SMILES string of the molecule is CC=C1NC(=O)C=CN1C. The molecule has 0 aromatic rings. The lowest BCUT2D eigenvalue weighted by molar-refractivity contribution is -0.116. The minimum Gasteiger partial charge on any atom is -0.338 e.